The molecule has 0 bridgehead atoms. The molecule has 9 heteroatoms. The zero-order chi connectivity index (χ0) is 28.9. The highest BCUT2D eigenvalue weighted by Gasteiger charge is 2.33. The molecule has 0 unspecified atom stereocenters. The van der Waals surface area contributed by atoms with Gasteiger partial charge in [0.05, 0.1) is 10.6 Å². The van der Waals surface area contributed by atoms with Gasteiger partial charge in [-0.3, -0.25) is 13.9 Å². The van der Waals surface area contributed by atoms with Crippen molar-refractivity contribution in [3.63, 3.8) is 0 Å². The highest BCUT2D eigenvalue weighted by Crippen LogP contribution is 2.28. The Morgan fingerprint density at radius 2 is 1.54 bits per heavy atom. The predicted octanol–water partition coefficient (Wildman–Crippen LogP) is 5.51. The molecule has 0 aliphatic carbocycles. The van der Waals surface area contributed by atoms with Crippen molar-refractivity contribution in [2.75, 3.05) is 10.8 Å². The molecule has 0 aliphatic heterocycles. The number of hydrogen-bond donors (Lipinski definition) is 1. The molecular formula is C30H36BrN3O4S. The second-order valence-electron chi connectivity index (χ2n) is 10.1. The lowest BCUT2D eigenvalue weighted by Gasteiger charge is -2.33. The molecule has 0 fully saturated rings. The Bertz CT molecular complexity index is 1440. The van der Waals surface area contributed by atoms with Gasteiger partial charge in [-0.15, -0.1) is 0 Å². The number of carbonyl (C=O) groups is 2. The molecule has 0 saturated heterocycles. The molecule has 1 atom stereocenters. The summed E-state index contributed by atoms with van der Waals surface area (Å²) in [5.41, 5.74) is 3.85. The Hall–Kier alpha value is -3.17. The number of aryl methyl sites for hydroxylation is 3. The summed E-state index contributed by atoms with van der Waals surface area (Å²) in [6, 6.07) is 18.5. The van der Waals surface area contributed by atoms with Gasteiger partial charge in [0, 0.05) is 17.1 Å². The van der Waals surface area contributed by atoms with Crippen LogP contribution < -0.4 is 9.62 Å². The maximum atomic E-state index is 14.0. The van der Waals surface area contributed by atoms with E-state index in [4.69, 9.17) is 0 Å². The van der Waals surface area contributed by atoms with Crippen LogP contribution in [0.1, 0.15) is 43.0 Å². The Morgan fingerprint density at radius 1 is 0.897 bits per heavy atom. The summed E-state index contributed by atoms with van der Waals surface area (Å²) in [5, 5.41) is 2.86. The van der Waals surface area contributed by atoms with Crippen molar-refractivity contribution in [3.05, 3.63) is 93.5 Å². The fraction of sp³-hybridized carbons (Fsp3) is 0.333. The highest BCUT2D eigenvalue weighted by molar-refractivity contribution is 9.10. The average molecular weight is 615 g/mol. The van der Waals surface area contributed by atoms with E-state index in [2.05, 4.69) is 21.2 Å². The first kappa shape index (κ1) is 30.4. The van der Waals surface area contributed by atoms with E-state index in [1.165, 1.54) is 4.90 Å². The largest absolute Gasteiger partial charge is 0.352 e. The van der Waals surface area contributed by atoms with Crippen molar-refractivity contribution in [2.24, 2.45) is 0 Å². The molecule has 39 heavy (non-hydrogen) atoms. The number of nitrogens with zero attached hydrogens (tertiary/aromatic N) is 2. The van der Waals surface area contributed by atoms with Crippen LogP contribution in [0.3, 0.4) is 0 Å². The zero-order valence-corrected chi connectivity index (χ0v) is 25.6. The van der Waals surface area contributed by atoms with E-state index in [0.29, 0.717) is 5.69 Å². The summed E-state index contributed by atoms with van der Waals surface area (Å²) in [5.74, 6) is -0.801. The van der Waals surface area contributed by atoms with Crippen molar-refractivity contribution in [1.29, 1.82) is 0 Å². The fourth-order valence-corrected chi connectivity index (χ4v) is 6.18. The lowest BCUT2D eigenvalue weighted by atomic mass is 10.1. The number of anilines is 1. The van der Waals surface area contributed by atoms with Crippen LogP contribution in [0.15, 0.2) is 76.1 Å². The molecule has 208 valence electrons. The van der Waals surface area contributed by atoms with Crippen molar-refractivity contribution < 1.29 is 18.0 Å². The monoisotopic (exact) mass is 613 g/mol. The number of sulfonamides is 1. The summed E-state index contributed by atoms with van der Waals surface area (Å²) in [6.45, 7) is 10.7. The number of benzene rings is 3. The number of amides is 2. The van der Waals surface area contributed by atoms with Crippen molar-refractivity contribution >= 4 is 43.5 Å². The normalized spacial score (nSPS) is 12.2. The Labute approximate surface area is 240 Å². The summed E-state index contributed by atoms with van der Waals surface area (Å²) in [7, 11) is -4.10. The van der Waals surface area contributed by atoms with Crippen LogP contribution in [0.25, 0.3) is 0 Å². The SMILES string of the molecule is Cc1ccc(S(=O)(=O)N(CC(=O)N(Cc2cccc(Br)c2)[C@H](C)C(=O)NC(C)C)c2ccc(C)cc2C)cc1. The lowest BCUT2D eigenvalue weighted by molar-refractivity contribution is -0.139. The van der Waals surface area contributed by atoms with E-state index in [1.807, 2.05) is 71.0 Å². The Kier molecular flexibility index (Phi) is 9.96. The third-order valence-electron chi connectivity index (χ3n) is 6.35. The smallest absolute Gasteiger partial charge is 0.264 e. The lowest BCUT2D eigenvalue weighted by Crippen LogP contribution is -2.52. The van der Waals surface area contributed by atoms with Gasteiger partial charge in [0.1, 0.15) is 12.6 Å². The van der Waals surface area contributed by atoms with Gasteiger partial charge in [0.2, 0.25) is 11.8 Å². The molecule has 7 nitrogen and oxygen atoms in total. The van der Waals surface area contributed by atoms with Crippen molar-refractivity contribution in [1.82, 2.24) is 10.2 Å². The number of rotatable bonds is 10. The van der Waals surface area contributed by atoms with E-state index in [-0.39, 0.29) is 23.4 Å². The number of nitrogens with one attached hydrogen (secondary N) is 1. The molecule has 1 N–H and O–H groups in total. The van der Waals surface area contributed by atoms with Gasteiger partial charge in [-0.05, 0) is 83.0 Å². The van der Waals surface area contributed by atoms with E-state index >= 15 is 0 Å². The summed E-state index contributed by atoms with van der Waals surface area (Å²) in [6.07, 6.45) is 0. The molecule has 0 saturated carbocycles. The summed E-state index contributed by atoms with van der Waals surface area (Å²) >= 11 is 3.46. The van der Waals surface area contributed by atoms with Crippen LogP contribution in [0, 0.1) is 20.8 Å². The van der Waals surface area contributed by atoms with Gasteiger partial charge in [0.25, 0.3) is 10.0 Å². The molecule has 3 aromatic carbocycles. The maximum absolute atomic E-state index is 14.0. The third-order valence-corrected chi connectivity index (χ3v) is 8.62. The number of carbonyl (C=O) groups excluding carboxylic acids is 2. The van der Waals surface area contributed by atoms with Gasteiger partial charge in [-0.1, -0.05) is 63.5 Å². The van der Waals surface area contributed by atoms with Crippen LogP contribution in [0.2, 0.25) is 0 Å². The van der Waals surface area contributed by atoms with Crippen molar-refractivity contribution in [3.8, 4) is 0 Å². The van der Waals surface area contributed by atoms with Crippen LogP contribution in [-0.4, -0.2) is 43.8 Å². The second-order valence-corrected chi connectivity index (χ2v) is 12.9. The van der Waals surface area contributed by atoms with Crippen LogP contribution >= 0.6 is 15.9 Å². The van der Waals surface area contributed by atoms with Gasteiger partial charge < -0.3 is 10.2 Å². The van der Waals surface area contributed by atoms with E-state index in [9.17, 15) is 18.0 Å². The molecule has 2 amide bonds. The van der Waals surface area contributed by atoms with E-state index < -0.39 is 28.5 Å². The molecule has 0 aromatic heterocycles. The van der Waals surface area contributed by atoms with Gasteiger partial charge in [-0.2, -0.15) is 0 Å². The minimum atomic E-state index is -4.10. The molecule has 0 radical (unpaired) electrons. The number of hydrogen-bond acceptors (Lipinski definition) is 4. The highest BCUT2D eigenvalue weighted by atomic mass is 79.9. The number of halogens is 1. The van der Waals surface area contributed by atoms with Crippen LogP contribution in [0.5, 0.6) is 0 Å². The summed E-state index contributed by atoms with van der Waals surface area (Å²) < 4.78 is 29.9. The quantitative estimate of drug-likeness (QED) is 0.326. The minimum Gasteiger partial charge on any atom is -0.352 e. The van der Waals surface area contributed by atoms with E-state index in [0.717, 1.165) is 31.0 Å². The minimum absolute atomic E-state index is 0.0880. The molecule has 3 aromatic rings. The molecule has 0 aliphatic rings. The molecular weight excluding hydrogens is 578 g/mol. The first-order valence-electron chi connectivity index (χ1n) is 12.8. The summed E-state index contributed by atoms with van der Waals surface area (Å²) in [4.78, 5) is 28.5. The average Bonchev–Trinajstić information content (AvgIpc) is 2.85. The fourth-order valence-electron chi connectivity index (χ4n) is 4.26. The zero-order valence-electron chi connectivity index (χ0n) is 23.2. The Balaban J connectivity index is 2.07. The molecule has 3 rings (SSSR count). The van der Waals surface area contributed by atoms with Crippen LogP contribution in [-0.2, 0) is 26.2 Å². The van der Waals surface area contributed by atoms with Crippen LogP contribution in [0.4, 0.5) is 5.69 Å². The first-order chi connectivity index (χ1) is 18.3. The van der Waals surface area contributed by atoms with E-state index in [1.54, 1.807) is 37.3 Å². The third kappa shape index (κ3) is 7.70. The maximum Gasteiger partial charge on any atom is 0.264 e. The topological polar surface area (TPSA) is 86.8 Å². The van der Waals surface area contributed by atoms with Gasteiger partial charge in [-0.25, -0.2) is 8.42 Å². The molecule has 0 spiro atoms. The van der Waals surface area contributed by atoms with Gasteiger partial charge >= 0.3 is 0 Å². The second kappa shape index (κ2) is 12.8. The first-order valence-corrected chi connectivity index (χ1v) is 15.0. The standard InChI is InChI=1S/C30H36BrN3O4S/c1-20(2)32-30(36)24(6)33(18-25-8-7-9-26(31)17-25)29(35)19-34(28-15-12-22(4)16-23(28)5)39(37,38)27-13-10-21(3)11-14-27/h7-17,20,24H,18-19H2,1-6H3,(H,32,36)/t24-/m1/s1. The Morgan fingerprint density at radius 3 is 2.13 bits per heavy atom. The van der Waals surface area contributed by atoms with Gasteiger partial charge in [0.15, 0.2) is 0 Å². The van der Waals surface area contributed by atoms with Crippen molar-refractivity contribution in [2.45, 2.75) is 65.1 Å². The molecule has 0 heterocycles. The predicted molar refractivity (Wildman–Crippen MR) is 159 cm³/mol.